The number of amides is 1. The lowest BCUT2D eigenvalue weighted by Gasteiger charge is -2.11. The zero-order valence-corrected chi connectivity index (χ0v) is 10.5. The highest BCUT2D eigenvalue weighted by atomic mass is 16.1. The molecule has 2 N–H and O–H groups in total. The zero-order chi connectivity index (χ0) is 12.7. The Balaban J connectivity index is 2.34. The van der Waals surface area contributed by atoms with Crippen molar-refractivity contribution in [2.45, 2.75) is 26.3 Å². The van der Waals surface area contributed by atoms with E-state index in [1.807, 2.05) is 44.2 Å². The molecule has 1 amide bonds. The van der Waals surface area contributed by atoms with Crippen LogP contribution in [0.3, 0.4) is 0 Å². The van der Waals surface area contributed by atoms with E-state index < -0.39 is 0 Å². The number of carbonyl (C=O) groups is 1. The number of hydrogen-bond acceptors (Lipinski definition) is 2. The van der Waals surface area contributed by atoms with Crippen molar-refractivity contribution < 1.29 is 4.79 Å². The highest BCUT2D eigenvalue weighted by Crippen LogP contribution is 2.07. The molecule has 0 aliphatic heterocycles. The van der Waals surface area contributed by atoms with Crippen LogP contribution < -0.4 is 10.6 Å². The first-order chi connectivity index (χ1) is 8.11. The van der Waals surface area contributed by atoms with Crippen LogP contribution >= 0.6 is 0 Å². The molecule has 17 heavy (non-hydrogen) atoms. The molecule has 0 heterocycles. The van der Waals surface area contributed by atoms with E-state index in [2.05, 4.69) is 17.2 Å². The first-order valence-electron chi connectivity index (χ1n) is 5.82. The molecule has 0 saturated carbocycles. The summed E-state index contributed by atoms with van der Waals surface area (Å²) in [5, 5.41) is 5.97. The maximum absolute atomic E-state index is 11.6. The van der Waals surface area contributed by atoms with E-state index in [1.54, 1.807) is 0 Å². The van der Waals surface area contributed by atoms with Crippen LogP contribution in [-0.4, -0.2) is 18.5 Å². The van der Waals surface area contributed by atoms with Crippen LogP contribution in [0.5, 0.6) is 0 Å². The largest absolute Gasteiger partial charge is 0.325 e. The average Bonchev–Trinajstić information content (AvgIpc) is 2.30. The van der Waals surface area contributed by atoms with E-state index in [0.29, 0.717) is 6.54 Å². The Morgan fingerprint density at radius 3 is 2.65 bits per heavy atom. The standard InChI is InChI=1S/C14H20N2O/c1-4-5-12(3)15-10-14(17)16-13-8-6-11(2)7-9-13/h4,6-9,12,15H,1,5,10H2,2-3H3,(H,16,17). The minimum Gasteiger partial charge on any atom is -0.325 e. The van der Waals surface area contributed by atoms with Gasteiger partial charge >= 0.3 is 0 Å². The van der Waals surface area contributed by atoms with Gasteiger partial charge in [0.15, 0.2) is 0 Å². The van der Waals surface area contributed by atoms with Crippen molar-refractivity contribution in [1.29, 1.82) is 0 Å². The second-order valence-corrected chi connectivity index (χ2v) is 4.22. The van der Waals surface area contributed by atoms with Gasteiger partial charge in [-0.2, -0.15) is 0 Å². The Morgan fingerprint density at radius 1 is 1.41 bits per heavy atom. The van der Waals surface area contributed by atoms with E-state index in [1.165, 1.54) is 5.56 Å². The lowest BCUT2D eigenvalue weighted by Crippen LogP contribution is -2.34. The molecule has 0 fully saturated rings. The molecule has 92 valence electrons. The molecular formula is C14H20N2O. The van der Waals surface area contributed by atoms with Gasteiger partial charge in [-0.15, -0.1) is 6.58 Å². The number of hydrogen-bond donors (Lipinski definition) is 2. The molecule has 3 nitrogen and oxygen atoms in total. The summed E-state index contributed by atoms with van der Waals surface area (Å²) in [5.41, 5.74) is 2.01. The fraction of sp³-hybridized carbons (Fsp3) is 0.357. The molecule has 0 saturated heterocycles. The summed E-state index contributed by atoms with van der Waals surface area (Å²) in [6.45, 7) is 8.03. The fourth-order valence-corrected chi connectivity index (χ4v) is 1.44. The zero-order valence-electron chi connectivity index (χ0n) is 10.5. The Morgan fingerprint density at radius 2 is 2.06 bits per heavy atom. The third-order valence-electron chi connectivity index (χ3n) is 2.47. The van der Waals surface area contributed by atoms with E-state index in [4.69, 9.17) is 0 Å². The van der Waals surface area contributed by atoms with Crippen molar-refractivity contribution in [3.63, 3.8) is 0 Å². The summed E-state index contributed by atoms with van der Waals surface area (Å²) in [6.07, 6.45) is 2.70. The van der Waals surface area contributed by atoms with Crippen LogP contribution in [0.15, 0.2) is 36.9 Å². The van der Waals surface area contributed by atoms with Gasteiger partial charge in [-0.1, -0.05) is 23.8 Å². The monoisotopic (exact) mass is 232 g/mol. The molecule has 0 bridgehead atoms. The highest BCUT2D eigenvalue weighted by Gasteiger charge is 2.04. The van der Waals surface area contributed by atoms with Gasteiger partial charge in [0.1, 0.15) is 0 Å². The first kappa shape index (κ1) is 13.5. The quantitative estimate of drug-likeness (QED) is 0.740. The third-order valence-corrected chi connectivity index (χ3v) is 2.47. The van der Waals surface area contributed by atoms with Gasteiger partial charge in [0.25, 0.3) is 0 Å². The minimum atomic E-state index is -0.0234. The summed E-state index contributed by atoms with van der Waals surface area (Å²) in [4.78, 5) is 11.6. The molecule has 1 rings (SSSR count). The molecule has 1 unspecified atom stereocenters. The van der Waals surface area contributed by atoms with Crippen molar-refractivity contribution in [1.82, 2.24) is 5.32 Å². The van der Waals surface area contributed by atoms with Crippen molar-refractivity contribution in [2.24, 2.45) is 0 Å². The van der Waals surface area contributed by atoms with E-state index in [0.717, 1.165) is 12.1 Å². The van der Waals surface area contributed by atoms with Crippen molar-refractivity contribution in [3.05, 3.63) is 42.5 Å². The van der Waals surface area contributed by atoms with Crippen LogP contribution in [0.25, 0.3) is 0 Å². The van der Waals surface area contributed by atoms with Gasteiger partial charge in [0, 0.05) is 11.7 Å². The number of rotatable bonds is 6. The van der Waals surface area contributed by atoms with Gasteiger partial charge in [0.05, 0.1) is 6.54 Å². The van der Waals surface area contributed by atoms with Crippen LogP contribution in [-0.2, 0) is 4.79 Å². The fourth-order valence-electron chi connectivity index (χ4n) is 1.44. The molecule has 1 aromatic rings. The topological polar surface area (TPSA) is 41.1 Å². The molecule has 1 aromatic carbocycles. The molecular weight excluding hydrogens is 212 g/mol. The molecule has 0 aliphatic rings. The molecule has 1 atom stereocenters. The van der Waals surface area contributed by atoms with Crippen molar-refractivity contribution in [2.75, 3.05) is 11.9 Å². The van der Waals surface area contributed by atoms with Crippen LogP contribution in [0.2, 0.25) is 0 Å². The number of aryl methyl sites for hydroxylation is 1. The summed E-state index contributed by atoms with van der Waals surface area (Å²) >= 11 is 0. The van der Waals surface area contributed by atoms with Crippen LogP contribution in [0.4, 0.5) is 5.69 Å². The molecule has 0 aromatic heterocycles. The summed E-state index contributed by atoms with van der Waals surface area (Å²) in [6, 6.07) is 8.03. The molecule has 0 radical (unpaired) electrons. The normalized spacial score (nSPS) is 11.9. The summed E-state index contributed by atoms with van der Waals surface area (Å²) in [7, 11) is 0. The number of benzene rings is 1. The van der Waals surface area contributed by atoms with Crippen molar-refractivity contribution in [3.8, 4) is 0 Å². The third kappa shape index (κ3) is 5.31. The molecule has 0 aliphatic carbocycles. The highest BCUT2D eigenvalue weighted by molar-refractivity contribution is 5.92. The van der Waals surface area contributed by atoms with E-state index >= 15 is 0 Å². The van der Waals surface area contributed by atoms with Crippen molar-refractivity contribution >= 4 is 11.6 Å². The Labute approximate surface area is 103 Å². The lowest BCUT2D eigenvalue weighted by molar-refractivity contribution is -0.115. The predicted octanol–water partition coefficient (Wildman–Crippen LogP) is 2.49. The van der Waals surface area contributed by atoms with Gasteiger partial charge in [0.2, 0.25) is 5.91 Å². The van der Waals surface area contributed by atoms with E-state index in [-0.39, 0.29) is 11.9 Å². The second kappa shape index (κ2) is 6.86. The summed E-state index contributed by atoms with van der Waals surface area (Å²) in [5.74, 6) is -0.0234. The Kier molecular flexibility index (Phi) is 5.43. The number of carbonyl (C=O) groups excluding carboxylic acids is 1. The summed E-state index contributed by atoms with van der Waals surface area (Å²) < 4.78 is 0. The number of anilines is 1. The predicted molar refractivity (Wildman–Crippen MR) is 72.1 cm³/mol. The first-order valence-corrected chi connectivity index (χ1v) is 5.82. The van der Waals surface area contributed by atoms with Crippen LogP contribution in [0.1, 0.15) is 18.9 Å². The maximum atomic E-state index is 11.6. The molecule has 0 spiro atoms. The van der Waals surface area contributed by atoms with E-state index in [9.17, 15) is 4.79 Å². The maximum Gasteiger partial charge on any atom is 0.238 e. The van der Waals surface area contributed by atoms with Gasteiger partial charge < -0.3 is 10.6 Å². The Bertz CT molecular complexity index is 370. The SMILES string of the molecule is C=CCC(C)NCC(=O)Nc1ccc(C)cc1. The average molecular weight is 232 g/mol. The lowest BCUT2D eigenvalue weighted by atomic mass is 10.2. The van der Waals surface area contributed by atoms with Crippen LogP contribution in [0, 0.1) is 6.92 Å². The smallest absolute Gasteiger partial charge is 0.238 e. The van der Waals surface area contributed by atoms with Gasteiger partial charge in [-0.05, 0) is 32.4 Å². The Hall–Kier alpha value is -1.61. The van der Waals surface area contributed by atoms with Gasteiger partial charge in [-0.3, -0.25) is 4.79 Å². The van der Waals surface area contributed by atoms with Gasteiger partial charge in [-0.25, -0.2) is 0 Å². The molecule has 3 heteroatoms. The number of nitrogens with one attached hydrogen (secondary N) is 2. The second-order valence-electron chi connectivity index (χ2n) is 4.22. The minimum absolute atomic E-state index is 0.0234.